The van der Waals surface area contributed by atoms with Crippen LogP contribution in [0.4, 0.5) is 5.82 Å². The molecule has 1 aromatic carbocycles. The van der Waals surface area contributed by atoms with Gasteiger partial charge >= 0.3 is 0 Å². The summed E-state index contributed by atoms with van der Waals surface area (Å²) >= 11 is 0. The third kappa shape index (κ3) is 2.56. The summed E-state index contributed by atoms with van der Waals surface area (Å²) in [5.41, 5.74) is 0.993. The number of nitrogens with zero attached hydrogens (tertiary/aromatic N) is 2. The van der Waals surface area contributed by atoms with E-state index < -0.39 is 0 Å². The van der Waals surface area contributed by atoms with Gasteiger partial charge in [0.2, 0.25) is 0 Å². The molecule has 19 heavy (non-hydrogen) atoms. The first-order valence-corrected chi connectivity index (χ1v) is 6.30. The van der Waals surface area contributed by atoms with Crippen LogP contribution in [0.1, 0.15) is 0 Å². The van der Waals surface area contributed by atoms with E-state index in [2.05, 4.69) is 10.1 Å². The molecule has 1 aromatic heterocycles. The molecule has 3 rings (SSSR count). The van der Waals surface area contributed by atoms with Crippen molar-refractivity contribution in [2.45, 2.75) is 0 Å². The molecule has 2 heterocycles. The maximum absolute atomic E-state index is 5.40. The largest absolute Gasteiger partial charge is 0.497 e. The third-order valence-electron chi connectivity index (χ3n) is 3.21. The lowest BCUT2D eigenvalue weighted by Gasteiger charge is -2.25. The van der Waals surface area contributed by atoms with Crippen LogP contribution in [0.15, 0.2) is 34.9 Å². The van der Waals surface area contributed by atoms with Gasteiger partial charge in [-0.25, -0.2) is 0 Å². The summed E-state index contributed by atoms with van der Waals surface area (Å²) in [5, 5.41) is 4.12. The second-order valence-electron chi connectivity index (χ2n) is 4.38. The van der Waals surface area contributed by atoms with Crippen LogP contribution in [-0.4, -0.2) is 38.6 Å². The summed E-state index contributed by atoms with van der Waals surface area (Å²) in [7, 11) is 1.65. The van der Waals surface area contributed by atoms with Gasteiger partial charge in [0.15, 0.2) is 11.6 Å². The van der Waals surface area contributed by atoms with Crippen LogP contribution in [0.2, 0.25) is 0 Å². The molecule has 5 nitrogen and oxygen atoms in total. The van der Waals surface area contributed by atoms with E-state index in [0.717, 1.165) is 49.2 Å². The van der Waals surface area contributed by atoms with Gasteiger partial charge in [0.05, 0.1) is 20.3 Å². The van der Waals surface area contributed by atoms with Crippen molar-refractivity contribution in [2.75, 3.05) is 38.3 Å². The van der Waals surface area contributed by atoms with E-state index in [0.29, 0.717) is 0 Å². The van der Waals surface area contributed by atoms with Crippen LogP contribution in [-0.2, 0) is 4.74 Å². The van der Waals surface area contributed by atoms with E-state index in [4.69, 9.17) is 14.0 Å². The Balaban J connectivity index is 1.79. The Morgan fingerprint density at radius 3 is 2.58 bits per heavy atom. The van der Waals surface area contributed by atoms with E-state index in [1.54, 1.807) is 7.11 Å². The van der Waals surface area contributed by atoms with Crippen molar-refractivity contribution < 1.29 is 14.0 Å². The molecule has 1 aliphatic rings. The van der Waals surface area contributed by atoms with Gasteiger partial charge in [0.25, 0.3) is 0 Å². The monoisotopic (exact) mass is 260 g/mol. The fraction of sp³-hybridized carbons (Fsp3) is 0.357. The second kappa shape index (κ2) is 5.32. The fourth-order valence-electron chi connectivity index (χ4n) is 2.10. The smallest absolute Gasteiger partial charge is 0.172 e. The number of hydrogen-bond donors (Lipinski definition) is 0. The second-order valence-corrected chi connectivity index (χ2v) is 4.38. The van der Waals surface area contributed by atoms with Crippen LogP contribution in [0.3, 0.4) is 0 Å². The molecule has 100 valence electrons. The lowest BCUT2D eigenvalue weighted by Crippen LogP contribution is -2.36. The summed E-state index contributed by atoms with van der Waals surface area (Å²) in [6.07, 6.45) is 0. The topological polar surface area (TPSA) is 47.7 Å². The fourth-order valence-corrected chi connectivity index (χ4v) is 2.10. The molecule has 1 fully saturated rings. The minimum absolute atomic E-state index is 0.741. The Morgan fingerprint density at radius 1 is 1.16 bits per heavy atom. The number of ether oxygens (including phenoxy) is 2. The maximum Gasteiger partial charge on any atom is 0.172 e. The number of methoxy groups -OCH3 is 1. The Labute approximate surface area is 111 Å². The standard InChI is InChI=1S/C14H16N2O3/c1-17-12-4-2-11(3-5-12)13-10-14(15-19-13)16-6-8-18-9-7-16/h2-5,10H,6-9H2,1H3. The first-order chi connectivity index (χ1) is 9.36. The van der Waals surface area contributed by atoms with Gasteiger partial charge < -0.3 is 18.9 Å². The van der Waals surface area contributed by atoms with Crippen molar-refractivity contribution in [1.29, 1.82) is 0 Å². The molecular weight excluding hydrogens is 244 g/mol. The number of aromatic nitrogens is 1. The molecule has 0 atom stereocenters. The maximum atomic E-state index is 5.40. The average Bonchev–Trinajstić information content (AvgIpc) is 2.98. The summed E-state index contributed by atoms with van der Waals surface area (Å²) in [5.74, 6) is 2.47. The minimum atomic E-state index is 0.741. The third-order valence-corrected chi connectivity index (χ3v) is 3.21. The predicted molar refractivity (Wildman–Crippen MR) is 71.5 cm³/mol. The number of rotatable bonds is 3. The highest BCUT2D eigenvalue weighted by atomic mass is 16.5. The van der Waals surface area contributed by atoms with Gasteiger partial charge in [-0.2, -0.15) is 0 Å². The van der Waals surface area contributed by atoms with Gasteiger partial charge in [-0.05, 0) is 24.3 Å². The lowest BCUT2D eigenvalue weighted by molar-refractivity contribution is 0.122. The number of morpholine rings is 1. The quantitative estimate of drug-likeness (QED) is 0.846. The highest BCUT2D eigenvalue weighted by Gasteiger charge is 2.16. The molecule has 0 saturated carbocycles. The van der Waals surface area contributed by atoms with Crippen LogP contribution in [0.5, 0.6) is 5.75 Å². The molecular formula is C14H16N2O3. The Kier molecular flexibility index (Phi) is 3.37. The van der Waals surface area contributed by atoms with Gasteiger partial charge in [-0.15, -0.1) is 0 Å². The molecule has 0 unspecified atom stereocenters. The Bertz CT molecular complexity index is 530. The van der Waals surface area contributed by atoms with E-state index >= 15 is 0 Å². The Morgan fingerprint density at radius 2 is 1.89 bits per heavy atom. The van der Waals surface area contributed by atoms with Crippen molar-refractivity contribution in [2.24, 2.45) is 0 Å². The average molecular weight is 260 g/mol. The number of benzene rings is 1. The molecule has 0 radical (unpaired) electrons. The van der Waals surface area contributed by atoms with E-state index in [1.807, 2.05) is 30.3 Å². The van der Waals surface area contributed by atoms with Crippen LogP contribution in [0.25, 0.3) is 11.3 Å². The molecule has 0 bridgehead atoms. The molecule has 1 aliphatic heterocycles. The first-order valence-electron chi connectivity index (χ1n) is 6.30. The zero-order valence-corrected chi connectivity index (χ0v) is 10.8. The van der Waals surface area contributed by atoms with Gasteiger partial charge in [-0.1, -0.05) is 5.16 Å². The van der Waals surface area contributed by atoms with Crippen molar-refractivity contribution in [3.05, 3.63) is 30.3 Å². The van der Waals surface area contributed by atoms with E-state index in [-0.39, 0.29) is 0 Å². The first kappa shape index (κ1) is 12.0. The van der Waals surface area contributed by atoms with Crippen molar-refractivity contribution in [3.63, 3.8) is 0 Å². The van der Waals surface area contributed by atoms with Crippen LogP contribution in [0, 0.1) is 0 Å². The van der Waals surface area contributed by atoms with Crippen molar-refractivity contribution in [3.8, 4) is 17.1 Å². The summed E-state index contributed by atoms with van der Waals surface area (Å²) in [4.78, 5) is 2.17. The SMILES string of the molecule is COc1ccc(-c2cc(N3CCOCC3)no2)cc1. The molecule has 2 aromatic rings. The highest BCUT2D eigenvalue weighted by molar-refractivity contribution is 5.62. The molecule has 5 heteroatoms. The Hall–Kier alpha value is -2.01. The zero-order chi connectivity index (χ0) is 13.1. The molecule has 0 N–H and O–H groups in total. The molecule has 1 saturated heterocycles. The highest BCUT2D eigenvalue weighted by Crippen LogP contribution is 2.26. The number of anilines is 1. The van der Waals surface area contributed by atoms with Gasteiger partial charge in [0, 0.05) is 24.7 Å². The van der Waals surface area contributed by atoms with Gasteiger partial charge in [-0.3, -0.25) is 0 Å². The molecule has 0 spiro atoms. The summed E-state index contributed by atoms with van der Waals surface area (Å²) < 4.78 is 15.9. The minimum Gasteiger partial charge on any atom is -0.497 e. The van der Waals surface area contributed by atoms with Crippen molar-refractivity contribution >= 4 is 5.82 Å². The molecule has 0 aliphatic carbocycles. The predicted octanol–water partition coefficient (Wildman–Crippen LogP) is 2.19. The van der Waals surface area contributed by atoms with Crippen LogP contribution < -0.4 is 9.64 Å². The van der Waals surface area contributed by atoms with E-state index in [1.165, 1.54) is 0 Å². The normalized spacial score (nSPS) is 15.5. The van der Waals surface area contributed by atoms with E-state index in [9.17, 15) is 0 Å². The summed E-state index contributed by atoms with van der Waals surface area (Å²) in [6.45, 7) is 3.19. The molecule has 0 amide bonds. The summed E-state index contributed by atoms with van der Waals surface area (Å²) in [6, 6.07) is 9.70. The zero-order valence-electron chi connectivity index (χ0n) is 10.8. The van der Waals surface area contributed by atoms with Crippen LogP contribution >= 0.6 is 0 Å². The number of hydrogen-bond acceptors (Lipinski definition) is 5. The van der Waals surface area contributed by atoms with Gasteiger partial charge in [0.1, 0.15) is 5.75 Å². The van der Waals surface area contributed by atoms with Crippen molar-refractivity contribution in [1.82, 2.24) is 5.16 Å². The lowest BCUT2D eigenvalue weighted by atomic mass is 10.1.